The SMILES string of the molecule is CCc1onc(C)c1[C@@H]1CCCN1Cc1cc(Br)ccc1O. The number of aryl methyl sites for hydroxylation is 2. The maximum atomic E-state index is 10.1. The second-order valence-corrected chi connectivity index (χ2v) is 6.78. The number of phenolic OH excluding ortho intramolecular Hbond substituents is 1. The summed E-state index contributed by atoms with van der Waals surface area (Å²) in [5.74, 6) is 1.35. The highest BCUT2D eigenvalue weighted by Gasteiger charge is 2.31. The van der Waals surface area contributed by atoms with E-state index >= 15 is 0 Å². The molecule has 2 aromatic rings. The summed E-state index contributed by atoms with van der Waals surface area (Å²) in [5.41, 5.74) is 3.19. The average Bonchev–Trinajstić information content (AvgIpc) is 3.08. The second-order valence-electron chi connectivity index (χ2n) is 5.86. The summed E-state index contributed by atoms with van der Waals surface area (Å²) in [6, 6.07) is 5.93. The van der Waals surface area contributed by atoms with Gasteiger partial charge in [0.2, 0.25) is 0 Å². The highest BCUT2D eigenvalue weighted by molar-refractivity contribution is 9.10. The van der Waals surface area contributed by atoms with Crippen LogP contribution in [0.25, 0.3) is 0 Å². The van der Waals surface area contributed by atoms with E-state index in [1.54, 1.807) is 6.07 Å². The first-order valence-corrected chi connectivity index (χ1v) is 8.56. The van der Waals surface area contributed by atoms with E-state index in [2.05, 4.69) is 32.9 Å². The largest absolute Gasteiger partial charge is 0.508 e. The quantitative estimate of drug-likeness (QED) is 0.875. The maximum absolute atomic E-state index is 10.1. The molecule has 0 amide bonds. The molecule has 1 fully saturated rings. The Kier molecular flexibility index (Phi) is 4.54. The molecule has 5 heteroatoms. The minimum Gasteiger partial charge on any atom is -0.508 e. The number of phenols is 1. The van der Waals surface area contributed by atoms with Gasteiger partial charge in [0.1, 0.15) is 11.5 Å². The first-order chi connectivity index (χ1) is 10.6. The Hall–Kier alpha value is -1.33. The molecule has 118 valence electrons. The minimum atomic E-state index is 0.333. The fourth-order valence-electron chi connectivity index (χ4n) is 3.35. The number of aromatic nitrogens is 1. The van der Waals surface area contributed by atoms with Gasteiger partial charge in [-0.3, -0.25) is 4.90 Å². The molecule has 1 aliphatic rings. The first-order valence-electron chi connectivity index (χ1n) is 7.76. The highest BCUT2D eigenvalue weighted by atomic mass is 79.9. The van der Waals surface area contributed by atoms with Crippen LogP contribution < -0.4 is 0 Å². The van der Waals surface area contributed by atoms with Gasteiger partial charge in [0, 0.05) is 34.6 Å². The van der Waals surface area contributed by atoms with Crippen LogP contribution in [0.5, 0.6) is 5.75 Å². The van der Waals surface area contributed by atoms with Crippen molar-refractivity contribution in [2.45, 2.75) is 45.7 Å². The lowest BCUT2D eigenvalue weighted by Crippen LogP contribution is -2.23. The molecule has 0 spiro atoms. The number of hydrogen-bond donors (Lipinski definition) is 1. The van der Waals surface area contributed by atoms with Crippen molar-refractivity contribution in [1.82, 2.24) is 10.1 Å². The molecule has 2 heterocycles. The first kappa shape index (κ1) is 15.6. The molecule has 0 aliphatic carbocycles. The minimum absolute atomic E-state index is 0.333. The van der Waals surface area contributed by atoms with E-state index < -0.39 is 0 Å². The fraction of sp³-hybridized carbons (Fsp3) is 0.471. The van der Waals surface area contributed by atoms with Crippen LogP contribution in [-0.2, 0) is 13.0 Å². The van der Waals surface area contributed by atoms with Gasteiger partial charge < -0.3 is 9.63 Å². The molecule has 1 aliphatic heterocycles. The van der Waals surface area contributed by atoms with Gasteiger partial charge in [-0.05, 0) is 44.5 Å². The van der Waals surface area contributed by atoms with Crippen molar-refractivity contribution in [3.05, 3.63) is 45.3 Å². The summed E-state index contributed by atoms with van der Waals surface area (Å²) in [7, 11) is 0. The zero-order valence-corrected chi connectivity index (χ0v) is 14.6. The Morgan fingerprint density at radius 3 is 3.05 bits per heavy atom. The number of nitrogens with zero attached hydrogens (tertiary/aromatic N) is 2. The predicted molar refractivity (Wildman–Crippen MR) is 88.8 cm³/mol. The molecule has 1 N–H and O–H groups in total. The Labute approximate surface area is 139 Å². The number of halogens is 1. The van der Waals surface area contributed by atoms with Crippen molar-refractivity contribution in [3.63, 3.8) is 0 Å². The third-order valence-electron chi connectivity index (χ3n) is 4.42. The number of hydrogen-bond acceptors (Lipinski definition) is 4. The summed E-state index contributed by atoms with van der Waals surface area (Å²) in [6.07, 6.45) is 3.14. The van der Waals surface area contributed by atoms with E-state index in [9.17, 15) is 5.11 Å². The predicted octanol–water partition coefficient (Wildman–Crippen LogP) is 4.35. The lowest BCUT2D eigenvalue weighted by atomic mass is 10.0. The monoisotopic (exact) mass is 364 g/mol. The van der Waals surface area contributed by atoms with Gasteiger partial charge in [-0.25, -0.2) is 0 Å². The van der Waals surface area contributed by atoms with E-state index in [0.29, 0.717) is 11.8 Å². The molecule has 1 atom stereocenters. The molecule has 1 aromatic heterocycles. The zero-order valence-electron chi connectivity index (χ0n) is 13.0. The van der Waals surface area contributed by atoms with E-state index in [1.165, 1.54) is 5.56 Å². The molecule has 0 radical (unpaired) electrons. The smallest absolute Gasteiger partial charge is 0.141 e. The molecule has 0 saturated carbocycles. The lowest BCUT2D eigenvalue weighted by molar-refractivity contribution is 0.242. The van der Waals surface area contributed by atoms with Gasteiger partial charge in [0.25, 0.3) is 0 Å². The van der Waals surface area contributed by atoms with Crippen LogP contribution in [-0.4, -0.2) is 21.7 Å². The van der Waals surface area contributed by atoms with Gasteiger partial charge in [-0.2, -0.15) is 0 Å². The van der Waals surface area contributed by atoms with Crippen molar-refractivity contribution >= 4 is 15.9 Å². The maximum Gasteiger partial charge on any atom is 0.141 e. The lowest BCUT2D eigenvalue weighted by Gasteiger charge is -2.25. The molecule has 4 nitrogen and oxygen atoms in total. The van der Waals surface area contributed by atoms with Crippen molar-refractivity contribution < 1.29 is 9.63 Å². The normalized spacial score (nSPS) is 19.0. The fourth-order valence-corrected chi connectivity index (χ4v) is 3.76. The molecule has 1 aromatic carbocycles. The molecule has 0 unspecified atom stereocenters. The van der Waals surface area contributed by atoms with E-state index in [1.807, 2.05) is 19.1 Å². The Morgan fingerprint density at radius 2 is 2.27 bits per heavy atom. The number of aromatic hydroxyl groups is 1. The molecular formula is C17H21BrN2O2. The number of benzene rings is 1. The third kappa shape index (κ3) is 2.92. The number of rotatable bonds is 4. The molecule has 3 rings (SSSR count). The van der Waals surface area contributed by atoms with Crippen LogP contribution in [0.2, 0.25) is 0 Å². The van der Waals surface area contributed by atoms with Crippen LogP contribution >= 0.6 is 15.9 Å². The van der Waals surface area contributed by atoms with Crippen LogP contribution in [0.4, 0.5) is 0 Å². The second kappa shape index (κ2) is 6.42. The summed E-state index contributed by atoms with van der Waals surface area (Å²) < 4.78 is 6.46. The Morgan fingerprint density at radius 1 is 1.45 bits per heavy atom. The van der Waals surface area contributed by atoms with Gasteiger partial charge in [0.05, 0.1) is 5.69 Å². The van der Waals surface area contributed by atoms with Gasteiger partial charge in [0.15, 0.2) is 0 Å². The standard InChI is InChI=1S/C17H21BrN2O2/c1-3-16-17(11(2)19-22-16)14-5-4-8-20(14)10-12-9-13(18)6-7-15(12)21/h6-7,9,14,21H,3-5,8,10H2,1-2H3/t14-/m0/s1. The molecule has 0 bridgehead atoms. The summed E-state index contributed by atoms with van der Waals surface area (Å²) in [5, 5.41) is 14.2. The van der Waals surface area contributed by atoms with Gasteiger partial charge in [-0.15, -0.1) is 0 Å². The Balaban J connectivity index is 1.87. The van der Waals surface area contributed by atoms with E-state index in [4.69, 9.17) is 4.52 Å². The molecule has 22 heavy (non-hydrogen) atoms. The Bertz CT molecular complexity index is 669. The van der Waals surface area contributed by atoms with Gasteiger partial charge >= 0.3 is 0 Å². The topological polar surface area (TPSA) is 49.5 Å². The van der Waals surface area contributed by atoms with Gasteiger partial charge in [-0.1, -0.05) is 28.0 Å². The van der Waals surface area contributed by atoms with Crippen molar-refractivity contribution in [2.75, 3.05) is 6.54 Å². The van der Waals surface area contributed by atoms with Crippen LogP contribution in [0.1, 0.15) is 48.4 Å². The van der Waals surface area contributed by atoms with Crippen molar-refractivity contribution in [2.24, 2.45) is 0 Å². The van der Waals surface area contributed by atoms with Crippen LogP contribution in [0, 0.1) is 6.92 Å². The summed E-state index contributed by atoms with van der Waals surface area (Å²) in [6.45, 7) is 5.89. The summed E-state index contributed by atoms with van der Waals surface area (Å²) in [4.78, 5) is 2.42. The molecular weight excluding hydrogens is 344 g/mol. The van der Waals surface area contributed by atoms with E-state index in [0.717, 1.165) is 53.8 Å². The van der Waals surface area contributed by atoms with Crippen LogP contribution in [0.15, 0.2) is 27.2 Å². The van der Waals surface area contributed by atoms with Crippen molar-refractivity contribution in [3.8, 4) is 5.75 Å². The highest BCUT2D eigenvalue weighted by Crippen LogP contribution is 2.38. The average molecular weight is 365 g/mol. The number of likely N-dealkylation sites (tertiary alicyclic amines) is 1. The van der Waals surface area contributed by atoms with E-state index in [-0.39, 0.29) is 0 Å². The summed E-state index contributed by atoms with van der Waals surface area (Å²) >= 11 is 3.48. The van der Waals surface area contributed by atoms with Crippen molar-refractivity contribution in [1.29, 1.82) is 0 Å². The third-order valence-corrected chi connectivity index (χ3v) is 4.91. The zero-order chi connectivity index (χ0) is 15.7. The van der Waals surface area contributed by atoms with Crippen LogP contribution in [0.3, 0.4) is 0 Å². The molecule has 1 saturated heterocycles.